The van der Waals surface area contributed by atoms with Crippen LogP contribution in [0.1, 0.15) is 17.0 Å². The van der Waals surface area contributed by atoms with Crippen molar-refractivity contribution >= 4 is 0 Å². The highest BCUT2D eigenvalue weighted by atomic mass is 19.1. The number of aromatic nitrogens is 2. The first-order chi connectivity index (χ1) is 7.59. The van der Waals surface area contributed by atoms with Crippen molar-refractivity contribution in [1.29, 1.82) is 0 Å². The minimum absolute atomic E-state index is 0.177. The smallest absolute Gasteiger partial charge is 0.159 e. The summed E-state index contributed by atoms with van der Waals surface area (Å²) >= 11 is 0. The fourth-order valence-electron chi connectivity index (χ4n) is 1.63. The Morgan fingerprint density at radius 2 is 2.00 bits per heavy atom. The normalized spacial score (nSPS) is 10.7. The molecule has 0 aliphatic heterocycles. The van der Waals surface area contributed by atoms with Crippen molar-refractivity contribution < 1.29 is 9.50 Å². The van der Waals surface area contributed by atoms with E-state index in [-0.39, 0.29) is 11.6 Å². The molecule has 0 radical (unpaired) electrons. The third kappa shape index (κ3) is 1.78. The van der Waals surface area contributed by atoms with E-state index in [2.05, 4.69) is 5.10 Å². The van der Waals surface area contributed by atoms with E-state index in [0.717, 1.165) is 0 Å². The average Bonchev–Trinajstić information content (AvgIpc) is 2.50. The molecule has 84 valence electrons. The molecule has 0 atom stereocenters. The van der Waals surface area contributed by atoms with Gasteiger partial charge >= 0.3 is 0 Å². The zero-order valence-corrected chi connectivity index (χ0v) is 9.24. The summed E-state index contributed by atoms with van der Waals surface area (Å²) in [6.07, 6.45) is 0. The van der Waals surface area contributed by atoms with Crippen LogP contribution in [0.3, 0.4) is 0 Å². The Bertz CT molecular complexity index is 520. The van der Waals surface area contributed by atoms with Crippen LogP contribution in [-0.4, -0.2) is 14.9 Å². The lowest BCUT2D eigenvalue weighted by molar-refractivity contribution is 0.465. The Morgan fingerprint density at radius 1 is 1.31 bits per heavy atom. The van der Waals surface area contributed by atoms with E-state index in [4.69, 9.17) is 0 Å². The van der Waals surface area contributed by atoms with Gasteiger partial charge in [-0.2, -0.15) is 5.10 Å². The summed E-state index contributed by atoms with van der Waals surface area (Å²) in [7, 11) is 0. The van der Waals surface area contributed by atoms with Gasteiger partial charge in [0, 0.05) is 5.56 Å². The Morgan fingerprint density at radius 3 is 2.56 bits per heavy atom. The summed E-state index contributed by atoms with van der Waals surface area (Å²) in [6.45, 7) is 3.82. The van der Waals surface area contributed by atoms with Crippen molar-refractivity contribution in [2.24, 2.45) is 0 Å². The standard InChI is InChI=1S/C12H13FN2O/c1-8-12(16)9(2)15(14-8)7-10-5-3-4-6-11(10)13/h3-6,16H,7H2,1-2H3. The molecule has 0 bridgehead atoms. The molecule has 3 nitrogen and oxygen atoms in total. The van der Waals surface area contributed by atoms with E-state index < -0.39 is 0 Å². The third-order valence-electron chi connectivity index (χ3n) is 2.62. The third-order valence-corrected chi connectivity index (χ3v) is 2.62. The van der Waals surface area contributed by atoms with Crippen molar-refractivity contribution in [3.8, 4) is 5.75 Å². The number of halogens is 1. The topological polar surface area (TPSA) is 38.0 Å². The Balaban J connectivity index is 2.34. The molecular formula is C12H13FN2O. The van der Waals surface area contributed by atoms with Crippen LogP contribution in [0.4, 0.5) is 4.39 Å². The molecule has 0 aliphatic rings. The highest BCUT2D eigenvalue weighted by Crippen LogP contribution is 2.21. The second-order valence-electron chi connectivity index (χ2n) is 3.77. The first-order valence-corrected chi connectivity index (χ1v) is 5.06. The fraction of sp³-hybridized carbons (Fsp3) is 0.250. The molecule has 0 saturated carbocycles. The largest absolute Gasteiger partial charge is 0.504 e. The van der Waals surface area contributed by atoms with Gasteiger partial charge in [-0.15, -0.1) is 0 Å². The quantitative estimate of drug-likeness (QED) is 0.843. The molecule has 0 saturated heterocycles. The first-order valence-electron chi connectivity index (χ1n) is 5.06. The van der Waals surface area contributed by atoms with Gasteiger partial charge in [-0.3, -0.25) is 4.68 Å². The van der Waals surface area contributed by atoms with Gasteiger partial charge in [0.15, 0.2) is 5.75 Å². The number of hydrogen-bond acceptors (Lipinski definition) is 2. The number of benzene rings is 1. The molecule has 4 heteroatoms. The minimum Gasteiger partial charge on any atom is -0.504 e. The molecule has 1 heterocycles. The summed E-state index contributed by atoms with van der Waals surface area (Å²) < 4.78 is 15.0. The molecule has 2 aromatic rings. The van der Waals surface area contributed by atoms with E-state index in [1.807, 2.05) is 0 Å². The van der Waals surface area contributed by atoms with Crippen LogP contribution < -0.4 is 0 Å². The van der Waals surface area contributed by atoms with Crippen LogP contribution in [0, 0.1) is 19.7 Å². The van der Waals surface area contributed by atoms with Crippen molar-refractivity contribution in [2.75, 3.05) is 0 Å². The number of rotatable bonds is 2. The Hall–Kier alpha value is -1.84. The van der Waals surface area contributed by atoms with Crippen molar-refractivity contribution in [2.45, 2.75) is 20.4 Å². The van der Waals surface area contributed by atoms with Crippen LogP contribution in [0.25, 0.3) is 0 Å². The summed E-state index contributed by atoms with van der Waals surface area (Å²) in [5, 5.41) is 13.7. The first kappa shape index (κ1) is 10.7. The molecule has 1 aromatic carbocycles. The lowest BCUT2D eigenvalue weighted by atomic mass is 10.2. The minimum atomic E-state index is -0.255. The van der Waals surface area contributed by atoms with Crippen LogP contribution in [-0.2, 0) is 6.54 Å². The summed E-state index contributed by atoms with van der Waals surface area (Å²) in [4.78, 5) is 0. The highest BCUT2D eigenvalue weighted by molar-refractivity contribution is 5.31. The van der Waals surface area contributed by atoms with Crippen LogP contribution >= 0.6 is 0 Å². The second-order valence-corrected chi connectivity index (χ2v) is 3.77. The van der Waals surface area contributed by atoms with E-state index in [9.17, 15) is 9.50 Å². The molecule has 1 N–H and O–H groups in total. The molecule has 0 spiro atoms. The Kier molecular flexibility index (Phi) is 2.64. The SMILES string of the molecule is Cc1nn(Cc2ccccc2F)c(C)c1O. The van der Waals surface area contributed by atoms with E-state index in [1.54, 1.807) is 36.7 Å². The zero-order valence-electron chi connectivity index (χ0n) is 9.24. The zero-order chi connectivity index (χ0) is 11.7. The maximum Gasteiger partial charge on any atom is 0.159 e. The number of aromatic hydroxyl groups is 1. The lowest BCUT2D eigenvalue weighted by Gasteiger charge is -2.05. The van der Waals surface area contributed by atoms with E-state index >= 15 is 0 Å². The number of nitrogens with zero attached hydrogens (tertiary/aromatic N) is 2. The molecule has 1 aromatic heterocycles. The summed E-state index contributed by atoms with van der Waals surface area (Å²) in [5.41, 5.74) is 1.78. The Labute approximate surface area is 93.2 Å². The van der Waals surface area contributed by atoms with Gasteiger partial charge in [0.2, 0.25) is 0 Å². The molecular weight excluding hydrogens is 207 g/mol. The highest BCUT2D eigenvalue weighted by Gasteiger charge is 2.11. The lowest BCUT2D eigenvalue weighted by Crippen LogP contribution is -2.05. The van der Waals surface area contributed by atoms with Crippen molar-refractivity contribution in [1.82, 2.24) is 9.78 Å². The number of hydrogen-bond donors (Lipinski definition) is 1. The predicted octanol–water partition coefficient (Wildman–Crippen LogP) is 2.39. The monoisotopic (exact) mass is 220 g/mol. The van der Waals surface area contributed by atoms with Crippen LogP contribution in [0.15, 0.2) is 24.3 Å². The van der Waals surface area contributed by atoms with Crippen molar-refractivity contribution in [3.63, 3.8) is 0 Å². The molecule has 2 rings (SSSR count). The van der Waals surface area contributed by atoms with Gasteiger partial charge in [0.25, 0.3) is 0 Å². The fourth-order valence-corrected chi connectivity index (χ4v) is 1.63. The summed E-state index contributed by atoms with van der Waals surface area (Å²) in [5.74, 6) is -0.0779. The van der Waals surface area contributed by atoms with Crippen LogP contribution in [0.2, 0.25) is 0 Å². The molecule has 0 fully saturated rings. The summed E-state index contributed by atoms with van der Waals surface area (Å²) in [6, 6.07) is 6.56. The van der Waals surface area contributed by atoms with Gasteiger partial charge in [-0.1, -0.05) is 18.2 Å². The molecule has 0 amide bonds. The maximum atomic E-state index is 13.4. The second kappa shape index (κ2) is 3.96. The van der Waals surface area contributed by atoms with Gasteiger partial charge in [-0.05, 0) is 19.9 Å². The van der Waals surface area contributed by atoms with Crippen molar-refractivity contribution in [3.05, 3.63) is 47.0 Å². The van der Waals surface area contributed by atoms with E-state index in [1.165, 1.54) is 6.07 Å². The van der Waals surface area contributed by atoms with Gasteiger partial charge in [0.05, 0.1) is 12.2 Å². The number of aryl methyl sites for hydroxylation is 1. The predicted molar refractivity (Wildman–Crippen MR) is 58.9 cm³/mol. The maximum absolute atomic E-state index is 13.4. The molecule has 16 heavy (non-hydrogen) atoms. The van der Waals surface area contributed by atoms with Gasteiger partial charge in [-0.25, -0.2) is 4.39 Å². The average molecular weight is 220 g/mol. The molecule has 0 unspecified atom stereocenters. The molecule has 0 aliphatic carbocycles. The van der Waals surface area contributed by atoms with Gasteiger partial charge < -0.3 is 5.11 Å². The van der Waals surface area contributed by atoms with E-state index in [0.29, 0.717) is 23.5 Å². The van der Waals surface area contributed by atoms with Gasteiger partial charge in [0.1, 0.15) is 11.5 Å². The van der Waals surface area contributed by atoms with Crippen LogP contribution in [0.5, 0.6) is 5.75 Å².